The molecule has 0 bridgehead atoms. The molecular formula is C18H18N2O2S. The molecule has 1 heterocycles. The molecule has 0 aliphatic heterocycles. The number of rotatable bonds is 3. The van der Waals surface area contributed by atoms with Gasteiger partial charge >= 0.3 is 0 Å². The van der Waals surface area contributed by atoms with E-state index in [1.807, 2.05) is 0 Å². The number of anilines is 1. The third-order valence-electron chi connectivity index (χ3n) is 4.09. The van der Waals surface area contributed by atoms with E-state index in [2.05, 4.69) is 11.4 Å². The SMILES string of the molecule is COc1cccc(C(=O)Nc2sc3c(c2C#N)CCCCC3)c1. The maximum absolute atomic E-state index is 12.5. The first-order valence-electron chi connectivity index (χ1n) is 7.73. The van der Waals surface area contributed by atoms with Crippen LogP contribution in [0.25, 0.3) is 0 Å². The number of aryl methyl sites for hydroxylation is 1. The lowest BCUT2D eigenvalue weighted by atomic mass is 10.1. The molecule has 0 fully saturated rings. The molecule has 0 atom stereocenters. The summed E-state index contributed by atoms with van der Waals surface area (Å²) < 4.78 is 5.15. The maximum Gasteiger partial charge on any atom is 0.256 e. The number of amides is 1. The van der Waals surface area contributed by atoms with Crippen molar-refractivity contribution in [2.75, 3.05) is 12.4 Å². The van der Waals surface area contributed by atoms with Gasteiger partial charge in [-0.05, 0) is 49.4 Å². The second-order valence-corrected chi connectivity index (χ2v) is 6.67. The van der Waals surface area contributed by atoms with E-state index in [4.69, 9.17) is 4.74 Å². The van der Waals surface area contributed by atoms with Gasteiger partial charge in [0.15, 0.2) is 0 Å². The molecule has 0 radical (unpaired) electrons. The van der Waals surface area contributed by atoms with E-state index in [1.54, 1.807) is 42.7 Å². The number of nitriles is 1. The number of hydrogen-bond acceptors (Lipinski definition) is 4. The van der Waals surface area contributed by atoms with Crippen LogP contribution in [0.1, 0.15) is 45.6 Å². The van der Waals surface area contributed by atoms with Crippen LogP contribution in [0.3, 0.4) is 0 Å². The molecule has 1 aliphatic rings. The van der Waals surface area contributed by atoms with Gasteiger partial charge in [-0.25, -0.2) is 0 Å². The summed E-state index contributed by atoms with van der Waals surface area (Å²) in [7, 11) is 1.57. The Morgan fingerprint density at radius 3 is 2.91 bits per heavy atom. The molecule has 0 saturated carbocycles. The first-order valence-corrected chi connectivity index (χ1v) is 8.54. The molecule has 1 aromatic carbocycles. The topological polar surface area (TPSA) is 62.1 Å². The predicted molar refractivity (Wildman–Crippen MR) is 91.2 cm³/mol. The van der Waals surface area contributed by atoms with Crippen LogP contribution in [0, 0.1) is 11.3 Å². The molecule has 1 aromatic heterocycles. The van der Waals surface area contributed by atoms with Gasteiger partial charge in [0.1, 0.15) is 16.8 Å². The smallest absolute Gasteiger partial charge is 0.256 e. The van der Waals surface area contributed by atoms with Gasteiger partial charge in [-0.15, -0.1) is 11.3 Å². The molecule has 1 aliphatic carbocycles. The fourth-order valence-electron chi connectivity index (χ4n) is 2.89. The molecule has 118 valence electrons. The Labute approximate surface area is 139 Å². The summed E-state index contributed by atoms with van der Waals surface area (Å²) in [5, 5.41) is 13.1. The summed E-state index contributed by atoms with van der Waals surface area (Å²) in [5.74, 6) is 0.428. The normalized spacial score (nSPS) is 13.6. The zero-order chi connectivity index (χ0) is 16.2. The molecule has 23 heavy (non-hydrogen) atoms. The minimum absolute atomic E-state index is 0.211. The fraction of sp³-hybridized carbons (Fsp3) is 0.333. The van der Waals surface area contributed by atoms with E-state index in [0.717, 1.165) is 31.2 Å². The first kappa shape index (κ1) is 15.6. The Hall–Kier alpha value is -2.32. The van der Waals surface area contributed by atoms with Crippen molar-refractivity contribution in [2.24, 2.45) is 0 Å². The number of methoxy groups -OCH3 is 1. The quantitative estimate of drug-likeness (QED) is 0.862. The summed E-state index contributed by atoms with van der Waals surface area (Å²) >= 11 is 1.55. The average molecular weight is 326 g/mol. The average Bonchev–Trinajstić information content (AvgIpc) is 2.74. The minimum Gasteiger partial charge on any atom is -0.497 e. The number of ether oxygens (including phenoxy) is 1. The highest BCUT2D eigenvalue weighted by atomic mass is 32.1. The third kappa shape index (κ3) is 3.22. The van der Waals surface area contributed by atoms with Crippen LogP contribution in [-0.2, 0) is 12.8 Å². The van der Waals surface area contributed by atoms with Gasteiger partial charge in [0.05, 0.1) is 12.7 Å². The van der Waals surface area contributed by atoms with Crippen LogP contribution in [0.4, 0.5) is 5.00 Å². The molecular weight excluding hydrogens is 308 g/mol. The second kappa shape index (κ2) is 6.84. The van der Waals surface area contributed by atoms with Gasteiger partial charge in [0.25, 0.3) is 5.91 Å². The standard InChI is InChI=1S/C18H18N2O2S/c1-22-13-7-5-6-12(10-13)17(21)20-18-15(11-19)14-8-3-2-4-9-16(14)23-18/h5-7,10H,2-4,8-9H2,1H3,(H,20,21). The van der Waals surface area contributed by atoms with Gasteiger partial charge in [-0.1, -0.05) is 12.5 Å². The Morgan fingerprint density at radius 2 is 2.13 bits per heavy atom. The van der Waals surface area contributed by atoms with E-state index < -0.39 is 0 Å². The number of nitrogens with zero attached hydrogens (tertiary/aromatic N) is 1. The van der Waals surface area contributed by atoms with Crippen molar-refractivity contribution < 1.29 is 9.53 Å². The summed E-state index contributed by atoms with van der Waals surface area (Å²) in [6.45, 7) is 0. The van der Waals surface area contributed by atoms with E-state index in [1.165, 1.54) is 11.3 Å². The van der Waals surface area contributed by atoms with Crippen molar-refractivity contribution in [1.82, 2.24) is 0 Å². The molecule has 1 amide bonds. The van der Waals surface area contributed by atoms with Gasteiger partial charge < -0.3 is 10.1 Å². The number of thiophene rings is 1. The predicted octanol–water partition coefficient (Wildman–Crippen LogP) is 4.15. The molecule has 1 N–H and O–H groups in total. The van der Waals surface area contributed by atoms with Crippen molar-refractivity contribution in [1.29, 1.82) is 5.26 Å². The van der Waals surface area contributed by atoms with Crippen molar-refractivity contribution in [3.05, 3.63) is 45.8 Å². The van der Waals surface area contributed by atoms with E-state index in [0.29, 0.717) is 21.9 Å². The van der Waals surface area contributed by atoms with E-state index >= 15 is 0 Å². The van der Waals surface area contributed by atoms with Crippen LogP contribution < -0.4 is 10.1 Å². The number of carbonyl (C=O) groups is 1. The Morgan fingerprint density at radius 1 is 1.30 bits per heavy atom. The highest BCUT2D eigenvalue weighted by Crippen LogP contribution is 2.37. The fourth-order valence-corrected chi connectivity index (χ4v) is 4.12. The van der Waals surface area contributed by atoms with Crippen molar-refractivity contribution in [2.45, 2.75) is 32.1 Å². The van der Waals surface area contributed by atoms with Gasteiger partial charge in [-0.3, -0.25) is 4.79 Å². The lowest BCUT2D eigenvalue weighted by Gasteiger charge is -2.06. The molecule has 0 unspecified atom stereocenters. The van der Waals surface area contributed by atoms with Gasteiger partial charge in [-0.2, -0.15) is 5.26 Å². The Kier molecular flexibility index (Phi) is 4.63. The number of fused-ring (bicyclic) bond motifs is 1. The van der Waals surface area contributed by atoms with E-state index in [9.17, 15) is 10.1 Å². The second-order valence-electron chi connectivity index (χ2n) is 5.57. The summed E-state index contributed by atoms with van der Waals surface area (Å²) in [4.78, 5) is 13.7. The van der Waals surface area contributed by atoms with Crippen molar-refractivity contribution in [3.63, 3.8) is 0 Å². The summed E-state index contributed by atoms with van der Waals surface area (Å²) in [6, 6.07) is 9.29. The molecule has 5 heteroatoms. The van der Waals surface area contributed by atoms with Gasteiger partial charge in [0, 0.05) is 10.4 Å². The van der Waals surface area contributed by atoms with Crippen LogP contribution in [0.15, 0.2) is 24.3 Å². The first-order chi connectivity index (χ1) is 11.2. The molecule has 4 nitrogen and oxygen atoms in total. The van der Waals surface area contributed by atoms with Crippen molar-refractivity contribution >= 4 is 22.2 Å². The highest BCUT2D eigenvalue weighted by molar-refractivity contribution is 7.16. The number of carbonyl (C=O) groups excluding carboxylic acids is 1. The lowest BCUT2D eigenvalue weighted by Crippen LogP contribution is -2.11. The summed E-state index contributed by atoms with van der Waals surface area (Å²) in [5.41, 5.74) is 2.30. The van der Waals surface area contributed by atoms with Crippen LogP contribution in [-0.4, -0.2) is 13.0 Å². The Balaban J connectivity index is 1.88. The van der Waals surface area contributed by atoms with Crippen molar-refractivity contribution in [3.8, 4) is 11.8 Å². The van der Waals surface area contributed by atoms with Crippen LogP contribution >= 0.6 is 11.3 Å². The van der Waals surface area contributed by atoms with E-state index in [-0.39, 0.29) is 5.91 Å². The number of nitrogens with one attached hydrogen (secondary N) is 1. The highest BCUT2D eigenvalue weighted by Gasteiger charge is 2.21. The lowest BCUT2D eigenvalue weighted by molar-refractivity contribution is 0.102. The van der Waals surface area contributed by atoms with Crippen LogP contribution in [0.2, 0.25) is 0 Å². The number of benzene rings is 1. The number of hydrogen-bond donors (Lipinski definition) is 1. The Bertz CT molecular complexity index is 774. The molecule has 0 spiro atoms. The molecule has 3 rings (SSSR count). The molecule has 2 aromatic rings. The largest absolute Gasteiger partial charge is 0.497 e. The summed E-state index contributed by atoms with van der Waals surface area (Å²) in [6.07, 6.45) is 5.41. The monoisotopic (exact) mass is 326 g/mol. The van der Waals surface area contributed by atoms with Crippen LogP contribution in [0.5, 0.6) is 5.75 Å². The molecule has 0 saturated heterocycles. The maximum atomic E-state index is 12.5. The zero-order valence-corrected chi connectivity index (χ0v) is 13.8. The van der Waals surface area contributed by atoms with Gasteiger partial charge in [0.2, 0.25) is 0 Å². The third-order valence-corrected chi connectivity index (χ3v) is 5.30. The zero-order valence-electron chi connectivity index (χ0n) is 13.0. The minimum atomic E-state index is -0.211.